The molecule has 0 saturated carbocycles. The van der Waals surface area contributed by atoms with E-state index in [9.17, 15) is 9.59 Å². The van der Waals surface area contributed by atoms with Crippen LogP contribution >= 0.6 is 0 Å². The number of amides is 3. The van der Waals surface area contributed by atoms with Gasteiger partial charge in [-0.15, -0.1) is 0 Å². The monoisotopic (exact) mass is 387 g/mol. The van der Waals surface area contributed by atoms with E-state index in [1.807, 2.05) is 33.9 Å². The second-order valence-corrected chi connectivity index (χ2v) is 6.49. The van der Waals surface area contributed by atoms with Crippen LogP contribution in [0.1, 0.15) is 41.5 Å². The van der Waals surface area contributed by atoms with Crippen LogP contribution in [0.15, 0.2) is 30.5 Å². The normalized spacial score (nSPS) is 11.8. The van der Waals surface area contributed by atoms with Crippen LogP contribution in [0.3, 0.4) is 0 Å². The van der Waals surface area contributed by atoms with Crippen LogP contribution in [0, 0.1) is 6.92 Å². The van der Waals surface area contributed by atoms with Gasteiger partial charge in [-0.05, 0) is 50.6 Å². The van der Waals surface area contributed by atoms with Crippen molar-refractivity contribution in [3.8, 4) is 0 Å². The summed E-state index contributed by atoms with van der Waals surface area (Å²) >= 11 is 0. The Morgan fingerprint density at radius 3 is 2.50 bits per heavy atom. The Hall–Kier alpha value is -2.87. The van der Waals surface area contributed by atoms with Gasteiger partial charge in [-0.2, -0.15) is 5.10 Å². The van der Waals surface area contributed by atoms with Crippen LogP contribution in [-0.2, 0) is 11.8 Å². The lowest BCUT2D eigenvalue weighted by atomic mass is 10.1. The summed E-state index contributed by atoms with van der Waals surface area (Å²) in [5.41, 5.74) is 2.92. The van der Waals surface area contributed by atoms with Gasteiger partial charge in [0.05, 0.1) is 18.3 Å². The first-order chi connectivity index (χ1) is 13.4. The van der Waals surface area contributed by atoms with Gasteiger partial charge >= 0.3 is 6.03 Å². The number of rotatable bonds is 8. The Labute approximate surface area is 165 Å². The molecule has 0 aliphatic heterocycles. The molecular weight excluding hydrogens is 358 g/mol. The van der Waals surface area contributed by atoms with E-state index in [1.165, 1.54) is 0 Å². The van der Waals surface area contributed by atoms with Crippen LogP contribution in [0.25, 0.3) is 0 Å². The predicted molar refractivity (Wildman–Crippen MR) is 108 cm³/mol. The highest BCUT2D eigenvalue weighted by Crippen LogP contribution is 2.19. The predicted octanol–water partition coefficient (Wildman–Crippen LogP) is 2.72. The van der Waals surface area contributed by atoms with Gasteiger partial charge in [-0.25, -0.2) is 4.79 Å². The number of benzene rings is 1. The zero-order chi connectivity index (χ0) is 20.7. The highest BCUT2D eigenvalue weighted by Gasteiger charge is 2.19. The van der Waals surface area contributed by atoms with Gasteiger partial charge in [0.2, 0.25) is 0 Å². The number of hydrogen-bond donors (Lipinski definition) is 2. The van der Waals surface area contributed by atoms with E-state index < -0.39 is 0 Å². The highest BCUT2D eigenvalue weighted by atomic mass is 16.5. The third kappa shape index (κ3) is 5.10. The lowest BCUT2D eigenvalue weighted by Gasteiger charge is -2.20. The number of carbonyl (C=O) groups is 2. The number of ether oxygens (including phenoxy) is 1. The largest absolute Gasteiger partial charge is 0.382 e. The molecule has 152 valence electrons. The van der Waals surface area contributed by atoms with E-state index in [2.05, 4.69) is 15.7 Å². The first-order valence-electron chi connectivity index (χ1n) is 9.35. The van der Waals surface area contributed by atoms with E-state index in [4.69, 9.17) is 4.74 Å². The van der Waals surface area contributed by atoms with Crippen LogP contribution in [0.4, 0.5) is 10.5 Å². The standard InChI is InChI=1S/C20H29N5O3/c1-6-25(7-2)19(26)15-8-9-16(14(3)12-15)22-20(27)23-17(13-28-5)18-10-11-21-24(18)4/h8-12,17H,6-7,13H2,1-5H3,(H2,22,23,27)/t17-/m1/s1. The lowest BCUT2D eigenvalue weighted by molar-refractivity contribution is 0.0773. The molecule has 0 saturated heterocycles. The zero-order valence-corrected chi connectivity index (χ0v) is 17.2. The third-order valence-electron chi connectivity index (χ3n) is 4.63. The Morgan fingerprint density at radius 1 is 1.25 bits per heavy atom. The van der Waals surface area contributed by atoms with Crippen molar-refractivity contribution in [1.29, 1.82) is 0 Å². The number of hydrogen-bond acceptors (Lipinski definition) is 4. The molecular formula is C20H29N5O3. The molecule has 0 aliphatic carbocycles. The molecule has 1 heterocycles. The first-order valence-corrected chi connectivity index (χ1v) is 9.35. The molecule has 2 rings (SSSR count). The SMILES string of the molecule is CCN(CC)C(=O)c1ccc(NC(=O)N[C@H](COC)c2ccnn2C)c(C)c1. The minimum absolute atomic E-state index is 0.0135. The van der Waals surface area contributed by atoms with Crippen molar-refractivity contribution >= 4 is 17.6 Å². The maximum atomic E-state index is 12.5. The summed E-state index contributed by atoms with van der Waals surface area (Å²) in [6, 6.07) is 6.43. The van der Waals surface area contributed by atoms with Crippen molar-refractivity contribution in [2.24, 2.45) is 7.05 Å². The average Bonchev–Trinajstić information content (AvgIpc) is 3.09. The van der Waals surface area contributed by atoms with Crippen LogP contribution in [0.5, 0.6) is 0 Å². The van der Waals surface area contributed by atoms with Gasteiger partial charge in [0.15, 0.2) is 0 Å². The molecule has 1 aromatic heterocycles. The average molecular weight is 387 g/mol. The molecule has 0 aliphatic rings. The van der Waals surface area contributed by atoms with Crippen molar-refractivity contribution in [3.63, 3.8) is 0 Å². The van der Waals surface area contributed by atoms with E-state index >= 15 is 0 Å². The van der Waals surface area contributed by atoms with E-state index in [0.29, 0.717) is 30.9 Å². The molecule has 1 aromatic carbocycles. The summed E-state index contributed by atoms with van der Waals surface area (Å²) in [4.78, 5) is 26.7. The first kappa shape index (κ1) is 21.4. The Balaban J connectivity index is 2.09. The fraction of sp³-hybridized carbons (Fsp3) is 0.450. The molecule has 0 bridgehead atoms. The van der Waals surface area contributed by atoms with Crippen LogP contribution < -0.4 is 10.6 Å². The van der Waals surface area contributed by atoms with Gasteiger partial charge in [0.1, 0.15) is 0 Å². The number of anilines is 1. The number of carbonyl (C=O) groups excluding carboxylic acids is 2. The molecule has 0 spiro atoms. The van der Waals surface area contributed by atoms with Gasteiger partial charge in [-0.1, -0.05) is 0 Å². The summed E-state index contributed by atoms with van der Waals surface area (Å²) in [6.07, 6.45) is 1.67. The summed E-state index contributed by atoms with van der Waals surface area (Å²) in [5, 5.41) is 9.88. The van der Waals surface area contributed by atoms with Crippen LogP contribution in [-0.4, -0.2) is 53.4 Å². The van der Waals surface area contributed by atoms with Crippen molar-refractivity contribution in [3.05, 3.63) is 47.3 Å². The molecule has 0 radical (unpaired) electrons. The topological polar surface area (TPSA) is 88.5 Å². The molecule has 1 atom stereocenters. The smallest absolute Gasteiger partial charge is 0.319 e. The molecule has 0 fully saturated rings. The second kappa shape index (κ2) is 9.89. The summed E-state index contributed by atoms with van der Waals surface area (Å²) in [7, 11) is 3.39. The van der Waals surface area contributed by atoms with E-state index in [1.54, 1.807) is 41.1 Å². The summed E-state index contributed by atoms with van der Waals surface area (Å²) in [6.45, 7) is 7.41. The van der Waals surface area contributed by atoms with Gasteiger partial charge < -0.3 is 20.3 Å². The van der Waals surface area contributed by atoms with Gasteiger partial charge in [-0.3, -0.25) is 9.48 Å². The van der Waals surface area contributed by atoms with E-state index in [0.717, 1.165) is 11.3 Å². The maximum absolute atomic E-state index is 12.5. The van der Waals surface area contributed by atoms with Crippen molar-refractivity contribution in [2.45, 2.75) is 26.8 Å². The lowest BCUT2D eigenvalue weighted by Crippen LogP contribution is -2.36. The van der Waals surface area contributed by atoms with Crippen LogP contribution in [0.2, 0.25) is 0 Å². The number of nitrogens with zero attached hydrogens (tertiary/aromatic N) is 3. The Kier molecular flexibility index (Phi) is 7.57. The quantitative estimate of drug-likeness (QED) is 0.729. The number of nitrogens with one attached hydrogen (secondary N) is 2. The molecule has 28 heavy (non-hydrogen) atoms. The fourth-order valence-corrected chi connectivity index (χ4v) is 3.04. The summed E-state index contributed by atoms with van der Waals surface area (Å²) in [5.74, 6) is -0.0135. The molecule has 2 N–H and O–H groups in total. The number of methoxy groups -OCH3 is 1. The molecule has 8 heteroatoms. The Morgan fingerprint density at radius 2 is 1.96 bits per heavy atom. The summed E-state index contributed by atoms with van der Waals surface area (Å²) < 4.78 is 6.91. The molecule has 8 nitrogen and oxygen atoms in total. The number of aromatic nitrogens is 2. The van der Waals surface area contributed by atoms with Gasteiger partial charge in [0, 0.05) is 44.7 Å². The Bertz CT molecular complexity index is 814. The van der Waals surface area contributed by atoms with Gasteiger partial charge in [0.25, 0.3) is 5.91 Å². The van der Waals surface area contributed by atoms with Crippen molar-refractivity contribution in [1.82, 2.24) is 20.0 Å². The third-order valence-corrected chi connectivity index (χ3v) is 4.63. The van der Waals surface area contributed by atoms with E-state index in [-0.39, 0.29) is 18.0 Å². The van der Waals surface area contributed by atoms with Crippen molar-refractivity contribution < 1.29 is 14.3 Å². The maximum Gasteiger partial charge on any atom is 0.319 e. The minimum Gasteiger partial charge on any atom is -0.382 e. The molecule has 3 amide bonds. The molecule has 2 aromatic rings. The number of aryl methyl sites for hydroxylation is 2. The highest BCUT2D eigenvalue weighted by molar-refractivity contribution is 5.96. The second-order valence-electron chi connectivity index (χ2n) is 6.49. The zero-order valence-electron chi connectivity index (χ0n) is 17.2. The number of urea groups is 1. The molecule has 0 unspecified atom stereocenters. The van der Waals surface area contributed by atoms with Crippen molar-refractivity contribution in [2.75, 3.05) is 32.1 Å². The fourth-order valence-electron chi connectivity index (χ4n) is 3.04. The minimum atomic E-state index is -0.353.